The van der Waals surface area contributed by atoms with Gasteiger partial charge in [-0.05, 0) is 60.7 Å². The molecule has 0 bridgehead atoms. The Morgan fingerprint density at radius 2 is 1.69 bits per heavy atom. The predicted octanol–water partition coefficient (Wildman–Crippen LogP) is 3.77. The van der Waals surface area contributed by atoms with E-state index >= 15 is 0 Å². The molecule has 1 aromatic heterocycles. The van der Waals surface area contributed by atoms with Crippen molar-refractivity contribution in [2.24, 2.45) is 0 Å². The fraction of sp³-hybridized carbons (Fsp3) is 0.0556. The highest BCUT2D eigenvalue weighted by Crippen LogP contribution is 2.19. The Morgan fingerprint density at radius 3 is 2.31 bits per heavy atom. The minimum atomic E-state index is -3.69. The minimum Gasteiger partial charge on any atom is -0.467 e. The average Bonchev–Trinajstić information content (AvgIpc) is 3.14. The summed E-state index contributed by atoms with van der Waals surface area (Å²) in [6, 6.07) is 16.0. The second-order valence-electron chi connectivity index (χ2n) is 5.40. The van der Waals surface area contributed by atoms with E-state index in [1.807, 2.05) is 0 Å². The third-order valence-corrected chi connectivity index (χ3v) is 5.45. The number of anilines is 1. The van der Waals surface area contributed by atoms with Gasteiger partial charge < -0.3 is 9.73 Å². The van der Waals surface area contributed by atoms with Gasteiger partial charge in [0.25, 0.3) is 15.9 Å². The molecule has 2 N–H and O–H groups in total. The second kappa shape index (κ2) is 7.76. The van der Waals surface area contributed by atoms with E-state index in [9.17, 15) is 13.2 Å². The largest absolute Gasteiger partial charge is 0.467 e. The number of carbonyl (C=O) groups is 1. The summed E-state index contributed by atoms with van der Waals surface area (Å²) in [5, 5.41) is 2.72. The van der Waals surface area contributed by atoms with Crippen LogP contribution in [-0.4, -0.2) is 14.3 Å². The molecular weight excluding hydrogens is 420 g/mol. The maximum absolute atomic E-state index is 12.3. The van der Waals surface area contributed by atoms with E-state index in [0.29, 0.717) is 17.0 Å². The molecule has 0 unspecified atom stereocenters. The zero-order valence-electron chi connectivity index (χ0n) is 13.5. The van der Waals surface area contributed by atoms with E-state index in [2.05, 4.69) is 26.0 Å². The maximum Gasteiger partial charge on any atom is 0.261 e. The van der Waals surface area contributed by atoms with Crippen LogP contribution in [0.5, 0.6) is 0 Å². The highest BCUT2D eigenvalue weighted by molar-refractivity contribution is 9.10. The molecular formula is C18H15BrN2O4S. The molecule has 0 aliphatic rings. The topological polar surface area (TPSA) is 88.4 Å². The van der Waals surface area contributed by atoms with Gasteiger partial charge in [-0.3, -0.25) is 9.52 Å². The van der Waals surface area contributed by atoms with Crippen molar-refractivity contribution in [1.82, 2.24) is 5.32 Å². The summed E-state index contributed by atoms with van der Waals surface area (Å²) in [5.74, 6) is 0.376. The molecule has 3 rings (SSSR count). The number of carbonyl (C=O) groups excluding carboxylic acids is 1. The van der Waals surface area contributed by atoms with Crippen molar-refractivity contribution in [2.75, 3.05) is 4.72 Å². The second-order valence-corrected chi connectivity index (χ2v) is 8.00. The zero-order chi connectivity index (χ0) is 18.6. The summed E-state index contributed by atoms with van der Waals surface area (Å²) >= 11 is 3.27. The molecule has 3 aromatic rings. The van der Waals surface area contributed by atoms with Crippen LogP contribution in [-0.2, 0) is 16.6 Å². The van der Waals surface area contributed by atoms with Gasteiger partial charge in [-0.1, -0.05) is 15.9 Å². The fourth-order valence-electron chi connectivity index (χ4n) is 2.20. The SMILES string of the molecule is O=C(NCc1ccco1)c1ccc(NS(=O)(=O)c2ccc(Br)cc2)cc1. The number of rotatable bonds is 6. The van der Waals surface area contributed by atoms with Crippen molar-refractivity contribution >= 4 is 37.5 Å². The van der Waals surface area contributed by atoms with Crippen LogP contribution in [0.3, 0.4) is 0 Å². The van der Waals surface area contributed by atoms with E-state index in [1.165, 1.54) is 30.5 Å². The summed E-state index contributed by atoms with van der Waals surface area (Å²) in [5.41, 5.74) is 0.790. The Balaban J connectivity index is 1.65. The molecule has 0 radical (unpaired) electrons. The van der Waals surface area contributed by atoms with Crippen LogP contribution < -0.4 is 10.0 Å². The van der Waals surface area contributed by atoms with Crippen molar-refractivity contribution in [1.29, 1.82) is 0 Å². The highest BCUT2D eigenvalue weighted by Gasteiger charge is 2.14. The summed E-state index contributed by atoms with van der Waals surface area (Å²) in [4.78, 5) is 12.2. The van der Waals surface area contributed by atoms with Gasteiger partial charge in [-0.25, -0.2) is 8.42 Å². The lowest BCUT2D eigenvalue weighted by Crippen LogP contribution is -2.22. The highest BCUT2D eigenvalue weighted by atomic mass is 79.9. The first-order valence-corrected chi connectivity index (χ1v) is 9.91. The first-order chi connectivity index (χ1) is 12.4. The predicted molar refractivity (Wildman–Crippen MR) is 101 cm³/mol. The molecule has 134 valence electrons. The summed E-state index contributed by atoms with van der Waals surface area (Å²) < 4.78 is 33.1. The number of halogens is 1. The molecule has 2 aromatic carbocycles. The van der Waals surface area contributed by atoms with Crippen molar-refractivity contribution in [3.8, 4) is 0 Å². The quantitative estimate of drug-likeness (QED) is 0.617. The Labute approximate surface area is 159 Å². The number of furan rings is 1. The van der Waals surface area contributed by atoms with E-state index in [-0.39, 0.29) is 17.3 Å². The fourth-order valence-corrected chi connectivity index (χ4v) is 3.52. The average molecular weight is 435 g/mol. The maximum atomic E-state index is 12.3. The Morgan fingerprint density at radius 1 is 1.00 bits per heavy atom. The first kappa shape index (κ1) is 18.2. The summed E-state index contributed by atoms with van der Waals surface area (Å²) in [6.07, 6.45) is 1.54. The van der Waals surface area contributed by atoms with Gasteiger partial charge in [-0.2, -0.15) is 0 Å². The molecule has 0 aliphatic carbocycles. The molecule has 8 heteroatoms. The van der Waals surface area contributed by atoms with Crippen molar-refractivity contribution < 1.29 is 17.6 Å². The number of amides is 1. The molecule has 0 atom stereocenters. The van der Waals surface area contributed by atoms with E-state index in [4.69, 9.17) is 4.42 Å². The molecule has 1 heterocycles. The van der Waals surface area contributed by atoms with E-state index in [0.717, 1.165) is 4.47 Å². The zero-order valence-corrected chi connectivity index (χ0v) is 15.9. The van der Waals surface area contributed by atoms with Crippen LogP contribution in [0.25, 0.3) is 0 Å². The van der Waals surface area contributed by atoms with Gasteiger partial charge in [0.15, 0.2) is 0 Å². The molecule has 0 saturated carbocycles. The molecule has 0 saturated heterocycles. The Kier molecular flexibility index (Phi) is 5.43. The third kappa shape index (κ3) is 4.53. The summed E-state index contributed by atoms with van der Waals surface area (Å²) in [7, 11) is -3.69. The Hall–Kier alpha value is -2.58. The number of sulfonamides is 1. The summed E-state index contributed by atoms with van der Waals surface area (Å²) in [6.45, 7) is 0.282. The molecule has 26 heavy (non-hydrogen) atoms. The van der Waals surface area contributed by atoms with Gasteiger partial charge in [0.1, 0.15) is 5.76 Å². The van der Waals surface area contributed by atoms with Crippen LogP contribution in [0.1, 0.15) is 16.1 Å². The van der Waals surface area contributed by atoms with E-state index in [1.54, 1.807) is 36.4 Å². The van der Waals surface area contributed by atoms with Gasteiger partial charge in [0.05, 0.1) is 17.7 Å². The molecule has 6 nitrogen and oxygen atoms in total. The molecule has 0 fully saturated rings. The van der Waals surface area contributed by atoms with Crippen LogP contribution in [0.4, 0.5) is 5.69 Å². The van der Waals surface area contributed by atoms with Crippen LogP contribution in [0.2, 0.25) is 0 Å². The number of nitrogens with one attached hydrogen (secondary N) is 2. The Bertz CT molecular complexity index is 983. The lowest BCUT2D eigenvalue weighted by Gasteiger charge is -2.09. The molecule has 0 aliphatic heterocycles. The van der Waals surface area contributed by atoms with Gasteiger partial charge in [-0.15, -0.1) is 0 Å². The smallest absolute Gasteiger partial charge is 0.261 e. The molecule has 1 amide bonds. The molecule has 0 spiro atoms. The van der Waals surface area contributed by atoms with Crippen molar-refractivity contribution in [3.05, 3.63) is 82.7 Å². The lowest BCUT2D eigenvalue weighted by atomic mass is 10.2. The van der Waals surface area contributed by atoms with Crippen LogP contribution in [0, 0.1) is 0 Å². The van der Waals surface area contributed by atoms with Crippen molar-refractivity contribution in [3.63, 3.8) is 0 Å². The number of benzene rings is 2. The van der Waals surface area contributed by atoms with Crippen molar-refractivity contribution in [2.45, 2.75) is 11.4 Å². The number of hydrogen-bond donors (Lipinski definition) is 2. The van der Waals surface area contributed by atoms with Crippen LogP contribution >= 0.6 is 15.9 Å². The monoisotopic (exact) mass is 434 g/mol. The lowest BCUT2D eigenvalue weighted by molar-refractivity contribution is 0.0948. The standard InChI is InChI=1S/C18H15BrN2O4S/c19-14-5-9-17(10-6-14)26(23,24)21-15-7-3-13(4-8-15)18(22)20-12-16-2-1-11-25-16/h1-11,21H,12H2,(H,20,22). The normalized spacial score (nSPS) is 11.1. The number of hydrogen-bond acceptors (Lipinski definition) is 4. The van der Waals surface area contributed by atoms with Gasteiger partial charge in [0.2, 0.25) is 0 Å². The van der Waals surface area contributed by atoms with Crippen LogP contribution in [0.15, 0.2) is 80.7 Å². The first-order valence-electron chi connectivity index (χ1n) is 7.63. The third-order valence-electron chi connectivity index (χ3n) is 3.53. The van der Waals surface area contributed by atoms with E-state index < -0.39 is 10.0 Å². The van der Waals surface area contributed by atoms with Gasteiger partial charge in [0, 0.05) is 15.7 Å². The minimum absolute atomic E-state index is 0.154. The van der Waals surface area contributed by atoms with Gasteiger partial charge >= 0.3 is 0 Å².